The summed E-state index contributed by atoms with van der Waals surface area (Å²) in [4.78, 5) is 29.5. The third-order valence-corrected chi connectivity index (χ3v) is 6.01. The number of imidazole rings is 1. The number of nitrogens with one attached hydrogen (secondary N) is 3. The van der Waals surface area contributed by atoms with E-state index in [1.165, 1.54) is 12.1 Å². The van der Waals surface area contributed by atoms with Gasteiger partial charge < -0.3 is 20.4 Å². The molecule has 0 radical (unpaired) electrons. The number of aromatic nitrogens is 4. The van der Waals surface area contributed by atoms with Gasteiger partial charge in [-0.2, -0.15) is 0 Å². The Labute approximate surface area is 202 Å². The lowest BCUT2D eigenvalue weighted by Gasteiger charge is -2.24. The minimum absolute atomic E-state index is 0.0356. The maximum absolute atomic E-state index is 13.6. The van der Waals surface area contributed by atoms with E-state index in [2.05, 4.69) is 20.6 Å². The number of H-pyrrole nitrogens is 1. The summed E-state index contributed by atoms with van der Waals surface area (Å²) in [7, 11) is 0. The SMILES string of the molecule is O=C(NCCCc1ncc[nH]1)c1ccc2nc(OC3CCNCC3)c(-c3ccc(F)cc3)nc2c1. The average Bonchev–Trinajstić information content (AvgIpc) is 3.41. The van der Waals surface area contributed by atoms with Crippen molar-refractivity contribution >= 4 is 16.9 Å². The molecule has 2 aromatic carbocycles. The number of nitrogens with zero attached hydrogens (tertiary/aromatic N) is 3. The summed E-state index contributed by atoms with van der Waals surface area (Å²) >= 11 is 0. The zero-order valence-corrected chi connectivity index (χ0v) is 19.3. The molecular weight excluding hydrogens is 447 g/mol. The number of benzene rings is 2. The number of carbonyl (C=O) groups is 1. The molecule has 0 aliphatic carbocycles. The topological polar surface area (TPSA) is 105 Å². The highest BCUT2D eigenvalue weighted by molar-refractivity contribution is 5.97. The molecule has 0 spiro atoms. The Kier molecular flexibility index (Phi) is 6.94. The predicted molar refractivity (Wildman–Crippen MR) is 131 cm³/mol. The zero-order chi connectivity index (χ0) is 24.0. The molecule has 0 atom stereocenters. The molecule has 1 amide bonds. The van der Waals surface area contributed by atoms with Crippen LogP contribution < -0.4 is 15.4 Å². The van der Waals surface area contributed by atoms with Crippen LogP contribution in [0.1, 0.15) is 35.4 Å². The number of aryl methyl sites for hydroxylation is 1. The molecule has 5 rings (SSSR count). The molecule has 1 aliphatic rings. The van der Waals surface area contributed by atoms with Gasteiger partial charge in [-0.3, -0.25) is 4.79 Å². The van der Waals surface area contributed by atoms with Gasteiger partial charge >= 0.3 is 0 Å². The zero-order valence-electron chi connectivity index (χ0n) is 19.3. The number of rotatable bonds is 8. The van der Waals surface area contributed by atoms with Crippen molar-refractivity contribution in [2.24, 2.45) is 0 Å². The lowest BCUT2D eigenvalue weighted by atomic mass is 10.1. The lowest BCUT2D eigenvalue weighted by Crippen LogP contribution is -2.34. The Morgan fingerprint density at radius 3 is 2.69 bits per heavy atom. The van der Waals surface area contributed by atoms with Crippen LogP contribution >= 0.6 is 0 Å². The second-order valence-electron chi connectivity index (χ2n) is 8.55. The van der Waals surface area contributed by atoms with Gasteiger partial charge in [0, 0.05) is 36.5 Å². The van der Waals surface area contributed by atoms with E-state index in [0.717, 1.165) is 44.6 Å². The number of hydrogen-bond donors (Lipinski definition) is 3. The largest absolute Gasteiger partial charge is 0.473 e. The monoisotopic (exact) mass is 474 g/mol. The standard InChI is InChI=1S/C26H27FN6O2/c27-19-6-3-17(4-7-19)24-26(35-20-9-12-28-13-10-20)33-21-8-5-18(16-22(21)32-24)25(34)31-11-1-2-23-29-14-15-30-23/h3-8,14-16,20,28H,1-2,9-13H2,(H,29,30)(H,31,34). The van der Waals surface area contributed by atoms with Crippen molar-refractivity contribution < 1.29 is 13.9 Å². The van der Waals surface area contributed by atoms with Crippen LogP contribution in [0, 0.1) is 5.82 Å². The van der Waals surface area contributed by atoms with Gasteiger partial charge in [-0.25, -0.2) is 19.3 Å². The number of aromatic amines is 1. The van der Waals surface area contributed by atoms with Crippen LogP contribution in [0.3, 0.4) is 0 Å². The first-order valence-electron chi connectivity index (χ1n) is 11.9. The van der Waals surface area contributed by atoms with Gasteiger partial charge in [0.25, 0.3) is 5.91 Å². The molecule has 3 N–H and O–H groups in total. The van der Waals surface area contributed by atoms with E-state index >= 15 is 0 Å². The fourth-order valence-electron chi connectivity index (χ4n) is 4.12. The highest BCUT2D eigenvalue weighted by Gasteiger charge is 2.20. The first kappa shape index (κ1) is 22.9. The fraction of sp³-hybridized carbons (Fsp3) is 0.308. The number of carbonyl (C=O) groups excluding carboxylic acids is 1. The number of halogens is 1. The van der Waals surface area contributed by atoms with Gasteiger partial charge in [0.2, 0.25) is 5.88 Å². The summed E-state index contributed by atoms with van der Waals surface area (Å²) < 4.78 is 19.8. The summed E-state index contributed by atoms with van der Waals surface area (Å²) in [5.41, 5.74) is 2.95. The van der Waals surface area contributed by atoms with E-state index in [4.69, 9.17) is 14.7 Å². The van der Waals surface area contributed by atoms with Crippen molar-refractivity contribution in [3.8, 4) is 17.1 Å². The summed E-state index contributed by atoms with van der Waals surface area (Å²) in [6, 6.07) is 11.4. The second kappa shape index (κ2) is 10.6. The van der Waals surface area contributed by atoms with Crippen LogP contribution in [0.25, 0.3) is 22.3 Å². The summed E-state index contributed by atoms with van der Waals surface area (Å²) in [6.07, 6.45) is 6.83. The lowest BCUT2D eigenvalue weighted by molar-refractivity contribution is 0.0953. The third-order valence-electron chi connectivity index (χ3n) is 6.01. The van der Waals surface area contributed by atoms with E-state index in [1.54, 1.807) is 42.7 Å². The minimum atomic E-state index is -0.325. The number of fused-ring (bicyclic) bond motifs is 1. The van der Waals surface area contributed by atoms with Crippen molar-refractivity contribution in [1.82, 2.24) is 30.6 Å². The molecule has 4 aromatic rings. The van der Waals surface area contributed by atoms with Gasteiger partial charge in [0.1, 0.15) is 23.4 Å². The Morgan fingerprint density at radius 2 is 1.91 bits per heavy atom. The number of piperidine rings is 1. The van der Waals surface area contributed by atoms with Crippen molar-refractivity contribution in [2.45, 2.75) is 31.8 Å². The molecule has 1 aliphatic heterocycles. The van der Waals surface area contributed by atoms with Crippen molar-refractivity contribution in [3.05, 3.63) is 72.1 Å². The van der Waals surface area contributed by atoms with E-state index in [0.29, 0.717) is 40.3 Å². The van der Waals surface area contributed by atoms with Crippen molar-refractivity contribution in [3.63, 3.8) is 0 Å². The van der Waals surface area contributed by atoms with Crippen molar-refractivity contribution in [1.29, 1.82) is 0 Å². The normalized spacial score (nSPS) is 14.2. The minimum Gasteiger partial charge on any atom is -0.473 e. The Morgan fingerprint density at radius 1 is 1.09 bits per heavy atom. The third kappa shape index (κ3) is 5.63. The highest BCUT2D eigenvalue weighted by atomic mass is 19.1. The Balaban J connectivity index is 1.38. The molecule has 180 valence electrons. The van der Waals surface area contributed by atoms with Crippen molar-refractivity contribution in [2.75, 3.05) is 19.6 Å². The van der Waals surface area contributed by atoms with Crippen LogP contribution in [-0.4, -0.2) is 51.6 Å². The smallest absolute Gasteiger partial charge is 0.251 e. The van der Waals surface area contributed by atoms with Gasteiger partial charge in [-0.05, 0) is 74.8 Å². The van der Waals surface area contributed by atoms with Gasteiger partial charge in [0.05, 0.1) is 11.0 Å². The molecule has 3 heterocycles. The van der Waals surface area contributed by atoms with Gasteiger partial charge in [-0.1, -0.05) is 0 Å². The predicted octanol–water partition coefficient (Wildman–Crippen LogP) is 3.65. The van der Waals surface area contributed by atoms with Gasteiger partial charge in [0.15, 0.2) is 0 Å². The second-order valence-corrected chi connectivity index (χ2v) is 8.55. The molecule has 8 nitrogen and oxygen atoms in total. The van der Waals surface area contributed by atoms with E-state index in [1.807, 2.05) is 0 Å². The van der Waals surface area contributed by atoms with Crippen LogP contribution in [0.4, 0.5) is 4.39 Å². The average molecular weight is 475 g/mol. The first-order chi connectivity index (χ1) is 17.2. The van der Waals surface area contributed by atoms with E-state index < -0.39 is 0 Å². The van der Waals surface area contributed by atoms with E-state index in [-0.39, 0.29) is 17.8 Å². The Bertz CT molecular complexity index is 1290. The molecule has 2 aromatic heterocycles. The van der Waals surface area contributed by atoms with Gasteiger partial charge in [-0.15, -0.1) is 0 Å². The molecular formula is C26H27FN6O2. The molecule has 0 unspecified atom stereocenters. The fourth-order valence-corrected chi connectivity index (χ4v) is 4.12. The van der Waals surface area contributed by atoms with Crippen LogP contribution in [0.15, 0.2) is 54.9 Å². The van der Waals surface area contributed by atoms with Crippen LogP contribution in [0.2, 0.25) is 0 Å². The molecule has 35 heavy (non-hydrogen) atoms. The highest BCUT2D eigenvalue weighted by Crippen LogP contribution is 2.31. The molecule has 1 fully saturated rings. The summed E-state index contributed by atoms with van der Waals surface area (Å²) in [5, 5.41) is 6.27. The maximum Gasteiger partial charge on any atom is 0.251 e. The number of hydrogen-bond acceptors (Lipinski definition) is 6. The Hall–Kier alpha value is -3.85. The maximum atomic E-state index is 13.6. The molecule has 0 bridgehead atoms. The van der Waals surface area contributed by atoms with Crippen LogP contribution in [-0.2, 0) is 6.42 Å². The molecule has 9 heteroatoms. The molecule has 0 saturated carbocycles. The van der Waals surface area contributed by atoms with Crippen LogP contribution in [0.5, 0.6) is 5.88 Å². The summed E-state index contributed by atoms with van der Waals surface area (Å²) in [5.74, 6) is 0.822. The number of ether oxygens (including phenoxy) is 1. The van der Waals surface area contributed by atoms with E-state index in [9.17, 15) is 9.18 Å². The quantitative estimate of drug-likeness (QED) is 0.337. The summed E-state index contributed by atoms with van der Waals surface area (Å²) in [6.45, 7) is 2.31. The first-order valence-corrected chi connectivity index (χ1v) is 11.9. The molecule has 1 saturated heterocycles. The number of amides is 1.